The van der Waals surface area contributed by atoms with Crippen molar-refractivity contribution in [2.24, 2.45) is 0 Å². The number of hydrogen-bond donors (Lipinski definition) is 0. The molecule has 0 unspecified atom stereocenters. The Hall–Kier alpha value is 1.01. The number of ether oxygens (including phenoxy) is 1. The molecule has 0 N–H and O–H groups in total. The van der Waals surface area contributed by atoms with Crippen molar-refractivity contribution in [3.8, 4) is 0 Å². The van der Waals surface area contributed by atoms with Gasteiger partial charge >= 0.3 is 31.1 Å². The quantitative estimate of drug-likeness (QED) is 0.614. The molecule has 0 fully saturated rings. The average molecular weight is 340 g/mol. The smallest absolute Gasteiger partial charge is 0.557 e. The maximum atomic E-state index is 4.00. The minimum absolute atomic E-state index is 0. The van der Waals surface area contributed by atoms with Crippen LogP contribution in [-0.2, 0) is 4.74 Å². The molecular formula is C6H14OU. The first kappa shape index (κ1) is 16.0. The second-order valence-electron chi connectivity index (χ2n) is 1.79. The van der Waals surface area contributed by atoms with Crippen molar-refractivity contribution < 1.29 is 35.9 Å². The molecule has 0 aliphatic carbocycles. The Morgan fingerprint density at radius 3 is 1.25 bits per heavy atom. The zero-order valence-corrected chi connectivity index (χ0v) is 10.3. The van der Waals surface area contributed by atoms with E-state index in [1.165, 1.54) is 13.0 Å². The topological polar surface area (TPSA) is 9.23 Å². The molecule has 0 saturated carbocycles. The van der Waals surface area contributed by atoms with E-state index >= 15 is 0 Å². The molecule has 0 atom stereocenters. The van der Waals surface area contributed by atoms with Gasteiger partial charge in [-0.2, -0.15) is 20.8 Å². The summed E-state index contributed by atoms with van der Waals surface area (Å²) in [5.74, 6) is 1.42. The Labute approximate surface area is 76.6 Å². The van der Waals surface area contributed by atoms with E-state index in [-0.39, 0.29) is 31.1 Å². The van der Waals surface area contributed by atoms with Gasteiger partial charge in [0.05, 0.1) is 0 Å². The van der Waals surface area contributed by atoms with Crippen molar-refractivity contribution in [1.82, 2.24) is 0 Å². The van der Waals surface area contributed by atoms with Gasteiger partial charge in [-0.05, 0) is 7.11 Å². The average Bonchev–Trinajstić information content (AvgIpc) is 1.33. The summed E-state index contributed by atoms with van der Waals surface area (Å²) in [6.07, 6.45) is 0. The van der Waals surface area contributed by atoms with Gasteiger partial charge in [-0.3, -0.25) is 0 Å². The molecule has 48 valence electrons. The van der Waals surface area contributed by atoms with Crippen LogP contribution in [0.5, 0.6) is 0 Å². The zero-order valence-electron chi connectivity index (χ0n) is 6.12. The molecule has 0 aromatic carbocycles. The fourth-order valence-electron chi connectivity index (χ4n) is 0. The van der Waals surface area contributed by atoms with Crippen LogP contribution in [0.25, 0.3) is 0 Å². The summed E-state index contributed by atoms with van der Waals surface area (Å²) in [4.78, 5) is 0. The van der Waals surface area contributed by atoms with Gasteiger partial charge in [0.15, 0.2) is 0 Å². The first-order valence-electron chi connectivity index (χ1n) is 2.20. The van der Waals surface area contributed by atoms with Crippen LogP contribution in [0.2, 0.25) is 0 Å². The van der Waals surface area contributed by atoms with Gasteiger partial charge in [-0.1, -0.05) is 0 Å². The monoisotopic (exact) mass is 340 g/mol. The molecule has 2 heteroatoms. The molecular weight excluding hydrogens is 326 g/mol. The Balaban J connectivity index is -0.0000000575. The van der Waals surface area contributed by atoms with E-state index in [4.69, 9.17) is 0 Å². The number of methoxy groups -OCH3 is 1. The van der Waals surface area contributed by atoms with E-state index in [9.17, 15) is 0 Å². The molecule has 0 aliphatic rings. The molecule has 0 radical (unpaired) electrons. The summed E-state index contributed by atoms with van der Waals surface area (Å²) < 4.78 is 4.00. The van der Waals surface area contributed by atoms with Gasteiger partial charge in [0, 0.05) is 0 Å². The van der Waals surface area contributed by atoms with Crippen LogP contribution < -0.4 is 0 Å². The Morgan fingerprint density at radius 1 is 1.25 bits per heavy atom. The standard InChI is InChI=1S/C4H9.C2H5O.U/c1-4(2)3;1-3-2;/h1-3H3;1H2,2H3;/q2*-1;+2. The predicted molar refractivity (Wildman–Crippen MR) is 32.6 cm³/mol. The van der Waals surface area contributed by atoms with E-state index in [1.54, 1.807) is 0 Å². The first-order chi connectivity index (χ1) is 3.15. The van der Waals surface area contributed by atoms with Gasteiger partial charge in [0.25, 0.3) is 0 Å². The molecule has 0 heterocycles. The van der Waals surface area contributed by atoms with Crippen LogP contribution in [0.1, 0.15) is 20.8 Å². The third kappa shape index (κ3) is 247. The summed E-state index contributed by atoms with van der Waals surface area (Å²) in [6, 6.07) is 0. The maximum absolute atomic E-state index is 4.00. The third-order valence-corrected chi connectivity index (χ3v) is 0. The first-order valence-corrected chi connectivity index (χ1v) is 2.20. The van der Waals surface area contributed by atoms with Crippen LogP contribution in [0.3, 0.4) is 0 Å². The molecule has 0 aliphatic heterocycles. The molecule has 1 nitrogen and oxygen atoms in total. The summed E-state index contributed by atoms with van der Waals surface area (Å²) in [6.45, 7) is 6.25. The molecule has 0 aromatic rings. The van der Waals surface area contributed by atoms with Crippen LogP contribution in [0.4, 0.5) is 0 Å². The molecule has 8 heavy (non-hydrogen) atoms. The predicted octanol–water partition coefficient (Wildman–Crippen LogP) is 2.04. The minimum Gasteiger partial charge on any atom is -0.557 e. The third-order valence-electron chi connectivity index (χ3n) is 0. The van der Waals surface area contributed by atoms with Gasteiger partial charge in [0.1, 0.15) is 0 Å². The van der Waals surface area contributed by atoms with E-state index in [2.05, 4.69) is 32.6 Å². The van der Waals surface area contributed by atoms with Crippen LogP contribution in [-0.4, -0.2) is 7.11 Å². The Bertz CT molecular complexity index is 19.7. The normalized spacial score (nSPS) is 6.75. The molecule has 0 aromatic heterocycles. The van der Waals surface area contributed by atoms with Gasteiger partial charge in [0.2, 0.25) is 0 Å². The largest absolute Gasteiger partial charge is 2.00 e. The van der Waals surface area contributed by atoms with E-state index in [0.29, 0.717) is 0 Å². The van der Waals surface area contributed by atoms with Gasteiger partial charge in [-0.25, -0.2) is 7.11 Å². The number of hydrogen-bond acceptors (Lipinski definition) is 1. The minimum atomic E-state index is 0. The van der Waals surface area contributed by atoms with E-state index in [1.807, 2.05) is 0 Å². The van der Waals surface area contributed by atoms with Crippen LogP contribution in [0.15, 0.2) is 0 Å². The van der Waals surface area contributed by atoms with E-state index < -0.39 is 0 Å². The van der Waals surface area contributed by atoms with Gasteiger partial charge < -0.3 is 10.7 Å². The molecule has 0 bridgehead atoms. The van der Waals surface area contributed by atoms with Crippen molar-refractivity contribution in [3.05, 3.63) is 13.0 Å². The van der Waals surface area contributed by atoms with Crippen LogP contribution in [0, 0.1) is 44.1 Å². The maximum Gasteiger partial charge on any atom is 2.00 e. The summed E-state index contributed by atoms with van der Waals surface area (Å²) in [5.41, 5.74) is 0. The fraction of sp³-hybridized carbons (Fsp3) is 0.667. The van der Waals surface area contributed by atoms with Crippen molar-refractivity contribution in [2.45, 2.75) is 20.8 Å². The molecule has 0 rings (SSSR count). The van der Waals surface area contributed by atoms with E-state index in [0.717, 1.165) is 0 Å². The second kappa shape index (κ2) is 15.7. The Morgan fingerprint density at radius 2 is 1.25 bits per heavy atom. The zero-order chi connectivity index (χ0) is 6.28. The second-order valence-corrected chi connectivity index (χ2v) is 1.79. The Kier molecular flexibility index (Phi) is 31.4. The van der Waals surface area contributed by atoms with Crippen molar-refractivity contribution in [1.29, 1.82) is 0 Å². The molecule has 0 amide bonds. The molecule has 0 saturated heterocycles. The fourth-order valence-corrected chi connectivity index (χ4v) is 0. The van der Waals surface area contributed by atoms with Crippen molar-refractivity contribution in [2.75, 3.05) is 7.11 Å². The van der Waals surface area contributed by atoms with Crippen molar-refractivity contribution >= 4 is 0 Å². The summed E-state index contributed by atoms with van der Waals surface area (Å²) in [7, 11) is 4.50. The summed E-state index contributed by atoms with van der Waals surface area (Å²) in [5, 5.41) is 0. The molecule has 0 spiro atoms. The number of rotatable bonds is 0. The van der Waals surface area contributed by atoms with Crippen molar-refractivity contribution in [3.63, 3.8) is 0 Å². The van der Waals surface area contributed by atoms with Gasteiger partial charge in [-0.15, -0.1) is 0 Å². The summed E-state index contributed by atoms with van der Waals surface area (Å²) >= 11 is 0. The van der Waals surface area contributed by atoms with Crippen LogP contribution >= 0.6 is 0 Å². The SMILES string of the molecule is C[C-](C)C.[CH2-]OC.[U+2].